The summed E-state index contributed by atoms with van der Waals surface area (Å²) in [5.74, 6) is -0.969. The highest BCUT2D eigenvalue weighted by molar-refractivity contribution is 5.70. The number of aliphatic carboxylic acids is 1. The van der Waals surface area contributed by atoms with Gasteiger partial charge in [0, 0.05) is 12.2 Å². The van der Waals surface area contributed by atoms with Gasteiger partial charge in [-0.05, 0) is 17.7 Å². The zero-order valence-corrected chi connectivity index (χ0v) is 9.18. The van der Waals surface area contributed by atoms with Gasteiger partial charge in [0.15, 0.2) is 0 Å². The highest BCUT2D eigenvalue weighted by atomic mass is 16.5. The first-order valence-corrected chi connectivity index (χ1v) is 5.05. The minimum Gasteiger partial charge on any atom is -0.481 e. The lowest BCUT2D eigenvalue weighted by atomic mass is 10.2. The maximum absolute atomic E-state index is 11.1. The smallest absolute Gasteiger partial charge is 0.407 e. The number of carbonyl (C=O) groups excluding carboxylic acids is 1. The molecule has 6 heteroatoms. The number of hydrogen-bond acceptors (Lipinski definition) is 4. The number of rotatable bonds is 5. The second-order valence-corrected chi connectivity index (χ2v) is 3.39. The number of ether oxygens (including phenoxy) is 1. The molecule has 0 radical (unpaired) electrons. The summed E-state index contributed by atoms with van der Waals surface area (Å²) in [6.45, 7) is 0.176. The van der Waals surface area contributed by atoms with Gasteiger partial charge in [-0.3, -0.25) is 4.79 Å². The summed E-state index contributed by atoms with van der Waals surface area (Å²) in [5.41, 5.74) is 6.95. The third-order valence-electron chi connectivity index (χ3n) is 1.96. The molecule has 1 aromatic carbocycles. The van der Waals surface area contributed by atoms with Crippen LogP contribution in [0.15, 0.2) is 24.3 Å². The SMILES string of the molecule is Nc1ccc(COC(=O)NCCC(=O)O)cc1. The molecular weight excluding hydrogens is 224 g/mol. The molecule has 92 valence electrons. The Bertz CT molecular complexity index is 389. The normalized spacial score (nSPS) is 9.65. The highest BCUT2D eigenvalue weighted by Crippen LogP contribution is 2.06. The van der Waals surface area contributed by atoms with Crippen LogP contribution in [0.3, 0.4) is 0 Å². The van der Waals surface area contributed by atoms with E-state index in [0.29, 0.717) is 5.69 Å². The van der Waals surface area contributed by atoms with Crippen molar-refractivity contribution in [2.75, 3.05) is 12.3 Å². The summed E-state index contributed by atoms with van der Waals surface area (Å²) in [7, 11) is 0. The molecule has 0 aliphatic rings. The molecule has 0 heterocycles. The van der Waals surface area contributed by atoms with E-state index in [9.17, 15) is 9.59 Å². The van der Waals surface area contributed by atoms with Crippen LogP contribution in [0.1, 0.15) is 12.0 Å². The first-order valence-electron chi connectivity index (χ1n) is 5.05. The van der Waals surface area contributed by atoms with E-state index in [1.807, 2.05) is 0 Å². The van der Waals surface area contributed by atoms with Gasteiger partial charge in [0.05, 0.1) is 6.42 Å². The van der Waals surface area contributed by atoms with Gasteiger partial charge >= 0.3 is 12.1 Å². The Balaban J connectivity index is 2.23. The number of benzene rings is 1. The van der Waals surface area contributed by atoms with Gasteiger partial charge < -0.3 is 20.9 Å². The molecule has 1 amide bonds. The van der Waals surface area contributed by atoms with Crippen molar-refractivity contribution in [3.8, 4) is 0 Å². The molecule has 0 aromatic heterocycles. The molecule has 0 fully saturated rings. The average molecular weight is 238 g/mol. The lowest BCUT2D eigenvalue weighted by Crippen LogP contribution is -2.26. The number of nitrogens with one attached hydrogen (secondary N) is 1. The maximum atomic E-state index is 11.1. The third kappa shape index (κ3) is 5.41. The molecule has 6 nitrogen and oxygen atoms in total. The van der Waals surface area contributed by atoms with Crippen LogP contribution in [0.4, 0.5) is 10.5 Å². The Morgan fingerprint density at radius 2 is 1.94 bits per heavy atom. The van der Waals surface area contributed by atoms with Crippen molar-refractivity contribution in [3.63, 3.8) is 0 Å². The molecule has 0 saturated heterocycles. The first-order chi connectivity index (χ1) is 8.08. The fourth-order valence-electron chi connectivity index (χ4n) is 1.09. The molecular formula is C11H14N2O4. The van der Waals surface area contributed by atoms with Gasteiger partial charge in [0.25, 0.3) is 0 Å². The van der Waals surface area contributed by atoms with Crippen LogP contribution in [0.5, 0.6) is 0 Å². The van der Waals surface area contributed by atoms with Crippen LogP contribution in [0.25, 0.3) is 0 Å². The van der Waals surface area contributed by atoms with Crippen LogP contribution in [0.2, 0.25) is 0 Å². The average Bonchev–Trinajstić information content (AvgIpc) is 2.28. The molecule has 17 heavy (non-hydrogen) atoms. The summed E-state index contributed by atoms with van der Waals surface area (Å²) in [6.07, 6.45) is -0.764. The minimum absolute atomic E-state index is 0.0515. The molecule has 1 rings (SSSR count). The number of carbonyl (C=O) groups is 2. The topological polar surface area (TPSA) is 102 Å². The van der Waals surface area contributed by atoms with Gasteiger partial charge in [-0.25, -0.2) is 4.79 Å². The summed E-state index contributed by atoms with van der Waals surface area (Å²) in [4.78, 5) is 21.3. The van der Waals surface area contributed by atoms with Crippen LogP contribution in [-0.2, 0) is 16.1 Å². The second kappa shape index (κ2) is 6.37. The number of nitrogens with two attached hydrogens (primary N) is 1. The molecule has 0 atom stereocenters. The fraction of sp³-hybridized carbons (Fsp3) is 0.273. The standard InChI is InChI=1S/C11H14N2O4/c12-9-3-1-8(2-4-9)7-17-11(16)13-6-5-10(14)15/h1-4H,5-7,12H2,(H,13,16)(H,14,15). The predicted molar refractivity (Wildman–Crippen MR) is 61.3 cm³/mol. The number of carboxylic acid groups (broad SMARTS) is 1. The van der Waals surface area contributed by atoms with Crippen LogP contribution >= 0.6 is 0 Å². The molecule has 4 N–H and O–H groups in total. The number of anilines is 1. The third-order valence-corrected chi connectivity index (χ3v) is 1.96. The summed E-state index contributed by atoms with van der Waals surface area (Å²) in [6, 6.07) is 6.92. The van der Waals surface area contributed by atoms with E-state index in [1.54, 1.807) is 24.3 Å². The number of carboxylic acids is 1. The number of alkyl carbamates (subject to hydrolysis) is 1. The van der Waals surface area contributed by atoms with Gasteiger partial charge in [-0.15, -0.1) is 0 Å². The van der Waals surface area contributed by atoms with Gasteiger partial charge in [0.1, 0.15) is 6.61 Å². The number of hydrogen-bond donors (Lipinski definition) is 3. The quantitative estimate of drug-likeness (QED) is 0.663. The van der Waals surface area contributed by atoms with Crippen molar-refractivity contribution < 1.29 is 19.4 Å². The Kier molecular flexibility index (Phi) is 4.80. The minimum atomic E-state index is -0.969. The Morgan fingerprint density at radius 3 is 2.53 bits per heavy atom. The van der Waals surface area contributed by atoms with E-state index in [2.05, 4.69) is 5.32 Å². The van der Waals surface area contributed by atoms with E-state index in [-0.39, 0.29) is 19.6 Å². The first kappa shape index (κ1) is 12.8. The molecule has 0 aliphatic carbocycles. The molecule has 0 unspecified atom stereocenters. The van der Waals surface area contributed by atoms with Gasteiger partial charge in [-0.2, -0.15) is 0 Å². The van der Waals surface area contributed by atoms with E-state index in [0.717, 1.165) is 5.56 Å². The highest BCUT2D eigenvalue weighted by Gasteiger charge is 2.03. The molecule has 0 aliphatic heterocycles. The fourth-order valence-corrected chi connectivity index (χ4v) is 1.09. The predicted octanol–water partition coefficient (Wildman–Crippen LogP) is 0.970. The monoisotopic (exact) mass is 238 g/mol. The van der Waals surface area contributed by atoms with Crippen molar-refractivity contribution >= 4 is 17.7 Å². The Labute approximate surface area is 98.4 Å². The van der Waals surface area contributed by atoms with Crippen LogP contribution < -0.4 is 11.1 Å². The Hall–Kier alpha value is -2.24. The van der Waals surface area contributed by atoms with Crippen LogP contribution in [-0.4, -0.2) is 23.7 Å². The maximum Gasteiger partial charge on any atom is 0.407 e. The van der Waals surface area contributed by atoms with Crippen molar-refractivity contribution in [2.45, 2.75) is 13.0 Å². The Morgan fingerprint density at radius 1 is 1.29 bits per heavy atom. The lowest BCUT2D eigenvalue weighted by Gasteiger charge is -2.06. The summed E-state index contributed by atoms with van der Waals surface area (Å²) < 4.78 is 4.87. The molecule has 1 aromatic rings. The van der Waals surface area contributed by atoms with Crippen molar-refractivity contribution in [1.82, 2.24) is 5.32 Å². The van der Waals surface area contributed by atoms with Crippen molar-refractivity contribution in [3.05, 3.63) is 29.8 Å². The number of nitrogen functional groups attached to an aromatic ring is 1. The summed E-state index contributed by atoms with van der Waals surface area (Å²) >= 11 is 0. The van der Waals surface area contributed by atoms with E-state index >= 15 is 0 Å². The zero-order valence-electron chi connectivity index (χ0n) is 9.18. The van der Waals surface area contributed by atoms with Gasteiger partial charge in [0.2, 0.25) is 0 Å². The van der Waals surface area contributed by atoms with E-state index in [4.69, 9.17) is 15.6 Å². The van der Waals surface area contributed by atoms with Crippen molar-refractivity contribution in [2.24, 2.45) is 0 Å². The molecule has 0 saturated carbocycles. The molecule has 0 spiro atoms. The second-order valence-electron chi connectivity index (χ2n) is 3.39. The van der Waals surface area contributed by atoms with Crippen LogP contribution in [0, 0.1) is 0 Å². The van der Waals surface area contributed by atoms with Gasteiger partial charge in [-0.1, -0.05) is 12.1 Å². The van der Waals surface area contributed by atoms with E-state index < -0.39 is 12.1 Å². The largest absolute Gasteiger partial charge is 0.481 e. The lowest BCUT2D eigenvalue weighted by molar-refractivity contribution is -0.136. The van der Waals surface area contributed by atoms with Crippen molar-refractivity contribution in [1.29, 1.82) is 0 Å². The zero-order chi connectivity index (χ0) is 12.7. The number of amides is 1. The van der Waals surface area contributed by atoms with E-state index in [1.165, 1.54) is 0 Å². The summed E-state index contributed by atoms with van der Waals surface area (Å²) in [5, 5.41) is 10.7. The molecule has 0 bridgehead atoms.